The summed E-state index contributed by atoms with van der Waals surface area (Å²) in [6.07, 6.45) is -0.958. The predicted molar refractivity (Wildman–Crippen MR) is 150 cm³/mol. The first-order valence-corrected chi connectivity index (χ1v) is 13.1. The molecular weight excluding hydrogens is 509 g/mol. The van der Waals surface area contributed by atoms with Gasteiger partial charge < -0.3 is 10.1 Å². The minimum Gasteiger partial charge on any atom is -0.440 e. The number of ether oxygens (including phenoxy) is 1. The topological polar surface area (TPSA) is 90.6 Å². The number of nitrogens with one attached hydrogen (secondary N) is 2. The molecule has 2 heterocycles. The van der Waals surface area contributed by atoms with E-state index in [9.17, 15) is 14.0 Å². The van der Waals surface area contributed by atoms with Crippen molar-refractivity contribution >= 4 is 17.8 Å². The van der Waals surface area contributed by atoms with Crippen LogP contribution in [0.5, 0.6) is 0 Å². The lowest BCUT2D eigenvalue weighted by atomic mass is 10.0. The van der Waals surface area contributed by atoms with Crippen LogP contribution in [0.2, 0.25) is 0 Å². The lowest BCUT2D eigenvalue weighted by molar-refractivity contribution is 0.0227. The molecule has 0 spiro atoms. The van der Waals surface area contributed by atoms with Gasteiger partial charge in [0.1, 0.15) is 11.9 Å². The first kappa shape index (κ1) is 27.1. The lowest BCUT2D eigenvalue weighted by Gasteiger charge is -2.33. The second-order valence-electron chi connectivity index (χ2n) is 10.5. The highest BCUT2D eigenvalue weighted by atomic mass is 19.1. The van der Waals surface area contributed by atoms with E-state index in [1.165, 1.54) is 29.8 Å². The minimum atomic E-state index is -0.755. The Hall–Kier alpha value is -4.50. The second kappa shape index (κ2) is 11.3. The molecule has 0 fully saturated rings. The van der Waals surface area contributed by atoms with E-state index in [-0.39, 0.29) is 6.54 Å². The number of amides is 2. The summed E-state index contributed by atoms with van der Waals surface area (Å²) in [5.41, 5.74) is 3.04. The number of nitrogens with zero attached hydrogens (tertiary/aromatic N) is 3. The molecule has 1 atom stereocenters. The molecular formula is C31H32FN5O3. The Balaban J connectivity index is 1.31. The van der Waals surface area contributed by atoms with Crippen LogP contribution in [0, 0.1) is 5.82 Å². The second-order valence-corrected chi connectivity index (χ2v) is 10.5. The maximum absolute atomic E-state index is 13.7. The molecule has 4 aromatic rings. The van der Waals surface area contributed by atoms with Gasteiger partial charge in [0.2, 0.25) is 0 Å². The summed E-state index contributed by atoms with van der Waals surface area (Å²) in [5, 5.41) is 10.1. The molecule has 0 saturated carbocycles. The Bertz CT molecular complexity index is 1470. The third kappa shape index (κ3) is 5.74. The SMILES string of the molecule is CN(Cc1ccccc1)C[C@@H](OC(=O)N1Cc2c(NC(=O)c3ccc(F)cc3)n[nH]c2C1(C)C)c1ccccc1. The molecule has 0 unspecified atom stereocenters. The summed E-state index contributed by atoms with van der Waals surface area (Å²) < 4.78 is 19.4. The molecule has 40 heavy (non-hydrogen) atoms. The van der Waals surface area contributed by atoms with Gasteiger partial charge in [-0.2, -0.15) is 5.10 Å². The summed E-state index contributed by atoms with van der Waals surface area (Å²) in [6.45, 7) is 5.24. The van der Waals surface area contributed by atoms with E-state index in [0.717, 1.165) is 11.3 Å². The smallest absolute Gasteiger partial charge is 0.411 e. The molecule has 2 amide bonds. The average molecular weight is 542 g/mol. The van der Waals surface area contributed by atoms with E-state index in [4.69, 9.17) is 4.74 Å². The number of carbonyl (C=O) groups excluding carboxylic acids is 2. The first-order valence-electron chi connectivity index (χ1n) is 13.1. The Kier molecular flexibility index (Phi) is 7.66. The van der Waals surface area contributed by atoms with E-state index in [1.54, 1.807) is 4.90 Å². The fraction of sp³-hybridized carbons (Fsp3) is 0.258. The van der Waals surface area contributed by atoms with Crippen molar-refractivity contribution < 1.29 is 18.7 Å². The molecule has 8 nitrogen and oxygen atoms in total. The highest BCUT2D eigenvalue weighted by molar-refractivity contribution is 6.04. The van der Waals surface area contributed by atoms with Crippen molar-refractivity contribution in [1.29, 1.82) is 0 Å². The van der Waals surface area contributed by atoms with Gasteiger partial charge in [-0.05, 0) is 56.3 Å². The fourth-order valence-corrected chi connectivity index (χ4v) is 5.00. The number of hydrogen-bond acceptors (Lipinski definition) is 5. The van der Waals surface area contributed by atoms with Crippen LogP contribution in [0.4, 0.5) is 15.0 Å². The van der Waals surface area contributed by atoms with Gasteiger partial charge >= 0.3 is 6.09 Å². The Morgan fingerprint density at radius 2 is 1.70 bits per heavy atom. The summed E-state index contributed by atoms with van der Waals surface area (Å²) in [5.74, 6) is -0.512. The first-order chi connectivity index (χ1) is 19.2. The molecule has 1 aromatic heterocycles. The largest absolute Gasteiger partial charge is 0.440 e. The standard InChI is InChI=1S/C31H32FN5O3/c1-31(2)27-25(28(35-34-27)33-29(38)23-14-16-24(32)17-15-23)19-37(31)30(39)40-26(22-12-8-5-9-13-22)20-36(3)18-21-10-6-4-7-11-21/h4-17,26H,18-20H2,1-3H3,(H2,33,34,35,38)/t26-/m1/s1. The quantitative estimate of drug-likeness (QED) is 0.292. The van der Waals surface area contributed by atoms with Crippen molar-refractivity contribution in [2.45, 2.75) is 38.6 Å². The molecule has 3 aromatic carbocycles. The number of hydrogen-bond donors (Lipinski definition) is 2. The number of aromatic amines is 1. The number of halogens is 1. The Labute approximate surface area is 232 Å². The number of likely N-dealkylation sites (N-methyl/N-ethyl adjacent to an activating group) is 1. The minimum absolute atomic E-state index is 0.206. The average Bonchev–Trinajstić information content (AvgIpc) is 3.47. The number of benzene rings is 3. The highest BCUT2D eigenvalue weighted by Gasteiger charge is 2.45. The van der Waals surface area contributed by atoms with Crippen LogP contribution in [-0.4, -0.2) is 45.6 Å². The maximum atomic E-state index is 13.7. The van der Waals surface area contributed by atoms with E-state index < -0.39 is 29.5 Å². The van der Waals surface area contributed by atoms with Crippen LogP contribution >= 0.6 is 0 Å². The van der Waals surface area contributed by atoms with Crippen LogP contribution in [0.1, 0.15) is 52.7 Å². The summed E-state index contributed by atoms with van der Waals surface area (Å²) >= 11 is 0. The molecule has 1 aliphatic heterocycles. The van der Waals surface area contributed by atoms with Crippen molar-refractivity contribution in [2.24, 2.45) is 0 Å². The van der Waals surface area contributed by atoms with Gasteiger partial charge in [0, 0.05) is 24.2 Å². The molecule has 1 aliphatic rings. The lowest BCUT2D eigenvalue weighted by Crippen LogP contribution is -2.42. The van der Waals surface area contributed by atoms with Crippen molar-refractivity contribution in [1.82, 2.24) is 20.0 Å². The summed E-state index contributed by atoms with van der Waals surface area (Å²) in [4.78, 5) is 30.2. The fourth-order valence-electron chi connectivity index (χ4n) is 5.00. The predicted octanol–water partition coefficient (Wildman–Crippen LogP) is 5.86. The van der Waals surface area contributed by atoms with E-state index >= 15 is 0 Å². The summed E-state index contributed by atoms with van der Waals surface area (Å²) in [7, 11) is 2.00. The number of H-pyrrole nitrogens is 1. The van der Waals surface area contributed by atoms with Crippen molar-refractivity contribution in [2.75, 3.05) is 18.9 Å². The molecule has 0 saturated heterocycles. The zero-order valence-corrected chi connectivity index (χ0v) is 22.7. The third-order valence-corrected chi connectivity index (χ3v) is 7.22. The summed E-state index contributed by atoms with van der Waals surface area (Å²) in [6, 6.07) is 25.1. The molecule has 0 aliphatic carbocycles. The van der Waals surface area contributed by atoms with Crippen molar-refractivity contribution in [3.63, 3.8) is 0 Å². The number of rotatable bonds is 8. The van der Waals surface area contributed by atoms with Gasteiger partial charge in [0.05, 0.1) is 17.8 Å². The van der Waals surface area contributed by atoms with Crippen LogP contribution in [0.25, 0.3) is 0 Å². The normalized spacial score (nSPS) is 14.6. The van der Waals surface area contributed by atoms with Gasteiger partial charge in [-0.25, -0.2) is 9.18 Å². The Morgan fingerprint density at radius 1 is 1.05 bits per heavy atom. The third-order valence-electron chi connectivity index (χ3n) is 7.22. The van der Waals surface area contributed by atoms with Crippen LogP contribution in [-0.2, 0) is 23.4 Å². The molecule has 206 valence electrons. The molecule has 5 rings (SSSR count). The number of anilines is 1. The van der Waals surface area contributed by atoms with Gasteiger partial charge in [-0.1, -0.05) is 60.7 Å². The van der Waals surface area contributed by atoms with E-state index in [0.29, 0.717) is 30.0 Å². The Morgan fingerprint density at radius 3 is 2.38 bits per heavy atom. The van der Waals surface area contributed by atoms with Gasteiger partial charge in [-0.15, -0.1) is 0 Å². The molecule has 2 N–H and O–H groups in total. The number of aromatic nitrogens is 2. The van der Waals surface area contributed by atoms with E-state index in [2.05, 4.69) is 32.5 Å². The maximum Gasteiger partial charge on any atom is 0.411 e. The number of carbonyl (C=O) groups is 2. The van der Waals surface area contributed by atoms with E-state index in [1.807, 2.05) is 69.4 Å². The van der Waals surface area contributed by atoms with Crippen molar-refractivity contribution in [3.05, 3.63) is 119 Å². The zero-order chi connectivity index (χ0) is 28.3. The number of fused-ring (bicyclic) bond motifs is 1. The van der Waals surface area contributed by atoms with Crippen molar-refractivity contribution in [3.8, 4) is 0 Å². The van der Waals surface area contributed by atoms with Gasteiger partial charge in [0.15, 0.2) is 5.82 Å². The monoisotopic (exact) mass is 541 g/mol. The molecule has 9 heteroatoms. The van der Waals surface area contributed by atoms with Crippen LogP contribution in [0.3, 0.4) is 0 Å². The van der Waals surface area contributed by atoms with Crippen LogP contribution < -0.4 is 5.32 Å². The van der Waals surface area contributed by atoms with Crippen LogP contribution in [0.15, 0.2) is 84.9 Å². The highest BCUT2D eigenvalue weighted by Crippen LogP contribution is 2.41. The molecule has 0 radical (unpaired) electrons. The molecule has 0 bridgehead atoms. The zero-order valence-electron chi connectivity index (χ0n) is 22.7. The van der Waals surface area contributed by atoms with Gasteiger partial charge in [-0.3, -0.25) is 19.7 Å². The van der Waals surface area contributed by atoms with Gasteiger partial charge in [0.25, 0.3) is 5.91 Å².